The molecule has 0 heterocycles. The summed E-state index contributed by atoms with van der Waals surface area (Å²) in [5.41, 5.74) is 2.89. The van der Waals surface area contributed by atoms with Crippen LogP contribution in [0.3, 0.4) is 0 Å². The molecule has 0 amide bonds. The molecule has 0 N–H and O–H groups in total. The Morgan fingerprint density at radius 3 is 1.59 bits per heavy atom. The van der Waals surface area contributed by atoms with Crippen LogP contribution in [-0.4, -0.2) is 11.3 Å². The topological polar surface area (TPSA) is 0 Å². The van der Waals surface area contributed by atoms with Crippen LogP contribution in [0.1, 0.15) is 33.3 Å². The zero-order valence-electron chi connectivity index (χ0n) is 17.8. The fourth-order valence-corrected chi connectivity index (χ4v) is 6.74. The van der Waals surface area contributed by atoms with Crippen molar-refractivity contribution in [3.63, 3.8) is 0 Å². The fourth-order valence-electron chi connectivity index (χ4n) is 3.78. The summed E-state index contributed by atoms with van der Waals surface area (Å²) in [6.45, 7) is 11.5. The summed E-state index contributed by atoms with van der Waals surface area (Å²) in [7, 11) is -0.0206. The summed E-state index contributed by atoms with van der Waals surface area (Å²) < 4.78 is 0. The van der Waals surface area contributed by atoms with Crippen molar-refractivity contribution in [1.29, 1.82) is 0 Å². The van der Waals surface area contributed by atoms with E-state index >= 15 is 0 Å². The van der Waals surface area contributed by atoms with Crippen LogP contribution in [0.5, 0.6) is 0 Å². The third-order valence-corrected chi connectivity index (χ3v) is 7.86. The molecule has 0 radical (unpaired) electrons. The minimum absolute atomic E-state index is 0. The SMILES string of the molecule is CC(C)P(c1cc2ccccc2[cH-]1)C(C)C.Cc1cc2ccccc2[cH-]1.[Cl-].[Cl-].[Zr+4]. The van der Waals surface area contributed by atoms with Gasteiger partial charge in [0.2, 0.25) is 0 Å². The Labute approximate surface area is 208 Å². The Bertz CT molecular complexity index is 911. The molecule has 0 spiro atoms. The number of aryl methyl sites for hydroxylation is 1. The first-order valence-electron chi connectivity index (χ1n) is 9.51. The molecule has 0 aromatic heterocycles. The average Bonchev–Trinajstić information content (AvgIpc) is 3.16. The first kappa shape index (κ1) is 28.6. The molecular formula is C25H29Cl2PZr. The molecule has 4 aromatic rings. The van der Waals surface area contributed by atoms with Gasteiger partial charge in [0.1, 0.15) is 0 Å². The van der Waals surface area contributed by atoms with Crippen molar-refractivity contribution in [2.45, 2.75) is 45.9 Å². The molecule has 0 nitrogen and oxygen atoms in total. The van der Waals surface area contributed by atoms with E-state index in [1.54, 1.807) is 5.30 Å². The molecule has 0 unspecified atom stereocenters. The first-order chi connectivity index (χ1) is 12.5. The number of rotatable bonds is 3. The summed E-state index contributed by atoms with van der Waals surface area (Å²) in [4.78, 5) is 0. The predicted molar refractivity (Wildman–Crippen MR) is 121 cm³/mol. The molecule has 0 saturated carbocycles. The Balaban J connectivity index is 0.000000528. The number of hydrogen-bond donors (Lipinski definition) is 0. The molecule has 4 rings (SSSR count). The molecule has 0 saturated heterocycles. The van der Waals surface area contributed by atoms with Crippen LogP contribution in [0, 0.1) is 6.92 Å². The van der Waals surface area contributed by atoms with Crippen LogP contribution in [0.4, 0.5) is 0 Å². The molecule has 29 heavy (non-hydrogen) atoms. The molecule has 0 bridgehead atoms. The van der Waals surface area contributed by atoms with Crippen LogP contribution in [0.25, 0.3) is 21.5 Å². The zero-order valence-corrected chi connectivity index (χ0v) is 22.7. The summed E-state index contributed by atoms with van der Waals surface area (Å²) in [6, 6.07) is 26.3. The quantitative estimate of drug-likeness (QED) is 0.282. The summed E-state index contributed by atoms with van der Waals surface area (Å²) in [5, 5.41) is 7.05. The Kier molecular flexibility index (Phi) is 12.9. The van der Waals surface area contributed by atoms with Gasteiger partial charge in [0.15, 0.2) is 0 Å². The smallest absolute Gasteiger partial charge is 1.00 e. The van der Waals surface area contributed by atoms with Crippen molar-refractivity contribution in [3.8, 4) is 0 Å². The maximum absolute atomic E-state index is 2.39. The van der Waals surface area contributed by atoms with Gasteiger partial charge in [-0.2, -0.15) is 12.1 Å². The van der Waals surface area contributed by atoms with Gasteiger partial charge >= 0.3 is 26.2 Å². The van der Waals surface area contributed by atoms with Crippen LogP contribution in [0.15, 0.2) is 72.8 Å². The molecule has 4 aromatic carbocycles. The summed E-state index contributed by atoms with van der Waals surface area (Å²) in [5.74, 6) is 0. The van der Waals surface area contributed by atoms with Crippen LogP contribution < -0.4 is 30.1 Å². The third-order valence-electron chi connectivity index (χ3n) is 4.78. The molecule has 0 aliphatic carbocycles. The number of benzene rings is 2. The third kappa shape index (κ3) is 7.33. The molecular weight excluding hydrogens is 493 g/mol. The van der Waals surface area contributed by atoms with Crippen molar-refractivity contribution in [2.75, 3.05) is 0 Å². The van der Waals surface area contributed by atoms with Gasteiger partial charge in [-0.25, -0.2) is 0 Å². The predicted octanol–water partition coefficient (Wildman–Crippen LogP) is 1.36. The van der Waals surface area contributed by atoms with Crippen LogP contribution in [0.2, 0.25) is 0 Å². The van der Waals surface area contributed by atoms with E-state index in [1.165, 1.54) is 27.1 Å². The molecule has 0 aliphatic heterocycles. The van der Waals surface area contributed by atoms with E-state index < -0.39 is 0 Å². The number of halogens is 2. The summed E-state index contributed by atoms with van der Waals surface area (Å²) >= 11 is 0. The zero-order chi connectivity index (χ0) is 18.7. The van der Waals surface area contributed by atoms with E-state index in [2.05, 4.69) is 107 Å². The molecule has 0 fully saturated rings. The van der Waals surface area contributed by atoms with E-state index in [9.17, 15) is 0 Å². The van der Waals surface area contributed by atoms with E-state index in [0.717, 1.165) is 11.3 Å². The number of hydrogen-bond acceptors (Lipinski definition) is 0. The normalized spacial score (nSPS) is 10.3. The van der Waals surface area contributed by atoms with Gasteiger partial charge in [-0.1, -0.05) is 54.7 Å². The van der Waals surface area contributed by atoms with Gasteiger partial charge in [-0.3, -0.25) is 0 Å². The van der Waals surface area contributed by atoms with Gasteiger partial charge in [-0.05, 0) is 11.3 Å². The largest absolute Gasteiger partial charge is 4.00 e. The molecule has 0 aliphatic rings. The Morgan fingerprint density at radius 2 is 1.14 bits per heavy atom. The van der Waals surface area contributed by atoms with Crippen LogP contribution in [-0.2, 0) is 26.2 Å². The molecule has 0 atom stereocenters. The van der Waals surface area contributed by atoms with Crippen molar-refractivity contribution in [3.05, 3.63) is 78.4 Å². The van der Waals surface area contributed by atoms with Crippen LogP contribution >= 0.6 is 7.92 Å². The maximum atomic E-state index is 2.39. The fraction of sp³-hybridized carbons (Fsp3) is 0.280. The Hall–Kier alpha value is -0.447. The van der Waals surface area contributed by atoms with E-state index in [4.69, 9.17) is 0 Å². The standard InChI is InChI=1S/C15H20P.C10H9.2ClH.Zr/c1-11(2)16(12(3)4)15-9-13-7-5-6-8-14(13)10-15;1-8-6-9-4-2-3-5-10(9)7-8;;;/h5-12H,1-4H3;2-7H,1H3;2*1H;/q2*-1;;;+4/p-2. The van der Waals surface area contributed by atoms with Crippen molar-refractivity contribution >= 4 is 34.8 Å². The van der Waals surface area contributed by atoms with Crippen molar-refractivity contribution in [2.24, 2.45) is 0 Å². The van der Waals surface area contributed by atoms with Crippen molar-refractivity contribution < 1.29 is 51.0 Å². The second-order valence-electron chi connectivity index (χ2n) is 7.60. The average molecular weight is 523 g/mol. The van der Waals surface area contributed by atoms with E-state index in [1.807, 2.05) is 0 Å². The summed E-state index contributed by atoms with van der Waals surface area (Å²) in [6.07, 6.45) is 0. The maximum Gasteiger partial charge on any atom is 4.00 e. The first-order valence-corrected chi connectivity index (χ1v) is 11.0. The number of fused-ring (bicyclic) bond motifs is 2. The van der Waals surface area contributed by atoms with Gasteiger partial charge in [0.25, 0.3) is 0 Å². The minimum atomic E-state index is -0.0206. The molecule has 152 valence electrons. The van der Waals surface area contributed by atoms with Gasteiger partial charge in [0.05, 0.1) is 0 Å². The van der Waals surface area contributed by atoms with E-state index in [-0.39, 0.29) is 58.9 Å². The second-order valence-corrected chi connectivity index (χ2v) is 11.0. The van der Waals surface area contributed by atoms with Gasteiger partial charge < -0.3 is 24.8 Å². The molecule has 4 heteroatoms. The van der Waals surface area contributed by atoms with E-state index in [0.29, 0.717) is 0 Å². The second kappa shape index (κ2) is 13.1. The monoisotopic (exact) mass is 520 g/mol. The Morgan fingerprint density at radius 1 is 0.690 bits per heavy atom. The van der Waals surface area contributed by atoms with Gasteiger partial charge in [0, 0.05) is 0 Å². The minimum Gasteiger partial charge on any atom is -1.00 e. The van der Waals surface area contributed by atoms with Gasteiger partial charge in [-0.15, -0.1) is 80.9 Å². The van der Waals surface area contributed by atoms with Crippen molar-refractivity contribution in [1.82, 2.24) is 0 Å².